The van der Waals surface area contributed by atoms with E-state index in [-0.39, 0.29) is 29.6 Å². The van der Waals surface area contributed by atoms with Gasteiger partial charge >= 0.3 is 5.69 Å². The van der Waals surface area contributed by atoms with Gasteiger partial charge in [0.2, 0.25) is 5.88 Å². The van der Waals surface area contributed by atoms with Crippen LogP contribution in [0.25, 0.3) is 22.3 Å². The first-order valence-electron chi connectivity index (χ1n) is 10.6. The van der Waals surface area contributed by atoms with Crippen molar-refractivity contribution in [2.45, 2.75) is 38.8 Å². The number of thiophene rings is 1. The van der Waals surface area contributed by atoms with Gasteiger partial charge in [-0.2, -0.15) is 9.61 Å². The third-order valence-electron chi connectivity index (χ3n) is 5.54. The average Bonchev–Trinajstić information content (AvgIpc) is 3.17. The molecule has 4 aromatic rings. The van der Waals surface area contributed by atoms with E-state index < -0.39 is 5.69 Å². The molecule has 1 amide bonds. The van der Waals surface area contributed by atoms with Crippen molar-refractivity contribution >= 4 is 29.0 Å². The first-order chi connectivity index (χ1) is 15.8. The zero-order valence-corrected chi connectivity index (χ0v) is 19.2. The number of amides is 1. The molecule has 5 rings (SSSR count). The fourth-order valence-electron chi connectivity index (χ4n) is 3.32. The number of carbonyl (C=O) groups is 1. The van der Waals surface area contributed by atoms with Crippen molar-refractivity contribution in [3.05, 3.63) is 56.2 Å². The maximum Gasteiger partial charge on any atom is 0.326 e. The molecule has 1 fully saturated rings. The predicted octanol–water partition coefficient (Wildman–Crippen LogP) is 1.27. The van der Waals surface area contributed by atoms with Crippen LogP contribution in [0.2, 0.25) is 0 Å². The van der Waals surface area contributed by atoms with Crippen LogP contribution in [0, 0.1) is 0 Å². The van der Waals surface area contributed by atoms with Crippen molar-refractivity contribution in [2.24, 2.45) is 4.99 Å². The standard InChI is InChI=1S/C22H23N7O3S/c1-11(2)28(3)21(31)17-7-6-16(33-17)14-9-18(24-13-4-5-13)29-19(25-14)12(10-23-29)8-15-20(30)27-22(32)26-15/h6-11,13,30H,4-5H2,1-3H3,(H2,26,27,32)/b12-8-,24-18?. The molecule has 1 aliphatic carbocycles. The summed E-state index contributed by atoms with van der Waals surface area (Å²) in [4.78, 5) is 41.8. The first-order valence-corrected chi connectivity index (χ1v) is 11.4. The third kappa shape index (κ3) is 4.07. The highest BCUT2D eigenvalue weighted by atomic mass is 32.1. The molecular formula is C22H23N7O3S. The van der Waals surface area contributed by atoms with Gasteiger partial charge in [-0.1, -0.05) is 0 Å². The van der Waals surface area contributed by atoms with E-state index in [0.29, 0.717) is 26.9 Å². The summed E-state index contributed by atoms with van der Waals surface area (Å²) in [6, 6.07) is 5.95. The van der Waals surface area contributed by atoms with Crippen molar-refractivity contribution < 1.29 is 9.90 Å². The highest BCUT2D eigenvalue weighted by molar-refractivity contribution is 7.17. The number of aromatic hydroxyl groups is 1. The number of carbonyl (C=O) groups excluding carboxylic acids is 1. The molecule has 170 valence electrons. The van der Waals surface area contributed by atoms with Crippen LogP contribution in [0.3, 0.4) is 0 Å². The Hall–Kier alpha value is -3.73. The number of imidazole rings is 1. The van der Waals surface area contributed by atoms with Gasteiger partial charge in [0.25, 0.3) is 5.91 Å². The summed E-state index contributed by atoms with van der Waals surface area (Å²) in [5, 5.41) is 15.0. The van der Waals surface area contributed by atoms with Gasteiger partial charge in [0.1, 0.15) is 5.69 Å². The molecule has 4 heterocycles. The van der Waals surface area contributed by atoms with Crippen LogP contribution in [-0.4, -0.2) is 59.6 Å². The lowest BCUT2D eigenvalue weighted by Gasteiger charge is -2.20. The lowest BCUT2D eigenvalue weighted by atomic mass is 10.3. The van der Waals surface area contributed by atoms with Crippen molar-refractivity contribution in [2.75, 3.05) is 7.05 Å². The summed E-state index contributed by atoms with van der Waals surface area (Å²) < 4.78 is 1.65. The molecule has 33 heavy (non-hydrogen) atoms. The van der Waals surface area contributed by atoms with Crippen LogP contribution in [0.4, 0.5) is 0 Å². The molecule has 0 saturated heterocycles. The molecule has 0 atom stereocenters. The smallest absolute Gasteiger partial charge is 0.326 e. The molecular weight excluding hydrogens is 442 g/mol. The number of H-pyrrole nitrogens is 2. The van der Waals surface area contributed by atoms with Gasteiger partial charge in [-0.25, -0.2) is 9.78 Å². The molecule has 1 saturated carbocycles. The number of aromatic nitrogens is 5. The molecule has 0 bridgehead atoms. The monoisotopic (exact) mass is 465 g/mol. The lowest BCUT2D eigenvalue weighted by Crippen LogP contribution is -2.32. The van der Waals surface area contributed by atoms with Crippen molar-refractivity contribution in [3.63, 3.8) is 0 Å². The minimum atomic E-state index is -0.504. The second kappa shape index (κ2) is 8.00. The summed E-state index contributed by atoms with van der Waals surface area (Å²) in [5.41, 5.74) is 1.62. The summed E-state index contributed by atoms with van der Waals surface area (Å²) in [6.07, 6.45) is 5.30. The Bertz CT molecular complexity index is 1540. The average molecular weight is 466 g/mol. The largest absolute Gasteiger partial charge is 0.493 e. The number of aromatic amines is 2. The van der Waals surface area contributed by atoms with Gasteiger partial charge in [-0.3, -0.25) is 14.8 Å². The molecule has 0 radical (unpaired) electrons. The van der Waals surface area contributed by atoms with E-state index in [2.05, 4.69) is 15.1 Å². The van der Waals surface area contributed by atoms with E-state index in [4.69, 9.17) is 9.98 Å². The Morgan fingerprint density at radius 1 is 1.36 bits per heavy atom. The Morgan fingerprint density at radius 2 is 2.15 bits per heavy atom. The molecule has 0 aromatic carbocycles. The van der Waals surface area contributed by atoms with E-state index >= 15 is 0 Å². The van der Waals surface area contributed by atoms with E-state index in [1.54, 1.807) is 28.7 Å². The summed E-state index contributed by atoms with van der Waals surface area (Å²) in [5.74, 6) is -0.287. The topological polar surface area (TPSA) is 132 Å². The SMILES string of the molecule is CC(C)N(C)C(=O)c1ccc(-c2cc(=NC3CC3)n3nc/c(=C/c4[nH]c(=O)[nH]c4O)c3n2)s1. The van der Waals surface area contributed by atoms with Crippen LogP contribution in [-0.2, 0) is 0 Å². The number of hydrogen-bond acceptors (Lipinski definition) is 7. The zero-order chi connectivity index (χ0) is 23.3. The van der Waals surface area contributed by atoms with Crippen molar-refractivity contribution in [3.8, 4) is 16.5 Å². The Morgan fingerprint density at radius 3 is 2.82 bits per heavy atom. The van der Waals surface area contributed by atoms with Crippen LogP contribution in [0.15, 0.2) is 34.2 Å². The van der Waals surface area contributed by atoms with Crippen LogP contribution in [0.5, 0.6) is 5.88 Å². The lowest BCUT2D eigenvalue weighted by molar-refractivity contribution is 0.0760. The van der Waals surface area contributed by atoms with Crippen LogP contribution < -0.4 is 16.4 Å². The maximum atomic E-state index is 12.7. The van der Waals surface area contributed by atoms with Gasteiger partial charge in [0.15, 0.2) is 11.1 Å². The first kappa shape index (κ1) is 21.1. The highest BCUT2D eigenvalue weighted by Gasteiger charge is 2.21. The Labute approximate surface area is 192 Å². The Balaban J connectivity index is 1.65. The third-order valence-corrected chi connectivity index (χ3v) is 6.64. The number of nitrogens with one attached hydrogen (secondary N) is 2. The molecule has 4 aromatic heterocycles. The van der Waals surface area contributed by atoms with Crippen molar-refractivity contribution in [1.29, 1.82) is 0 Å². The van der Waals surface area contributed by atoms with Crippen molar-refractivity contribution in [1.82, 2.24) is 29.5 Å². The van der Waals surface area contributed by atoms with Gasteiger partial charge in [0.05, 0.1) is 27.7 Å². The minimum absolute atomic E-state index is 0.0320. The normalized spacial score (nSPS) is 15.2. The summed E-state index contributed by atoms with van der Waals surface area (Å²) in [7, 11) is 1.79. The Kier molecular flexibility index (Phi) is 5.12. The number of fused-ring (bicyclic) bond motifs is 1. The zero-order valence-electron chi connectivity index (χ0n) is 18.4. The van der Waals surface area contributed by atoms with Gasteiger partial charge in [-0.05, 0) is 44.9 Å². The molecule has 0 spiro atoms. The molecule has 1 aliphatic rings. The van der Waals surface area contributed by atoms with E-state index in [0.717, 1.165) is 17.7 Å². The predicted molar refractivity (Wildman–Crippen MR) is 124 cm³/mol. The minimum Gasteiger partial charge on any atom is -0.493 e. The fraction of sp³-hybridized carbons (Fsp3) is 0.318. The second-order valence-corrected chi connectivity index (χ2v) is 9.44. The van der Waals surface area contributed by atoms with Gasteiger partial charge < -0.3 is 15.0 Å². The summed E-state index contributed by atoms with van der Waals surface area (Å²) >= 11 is 1.38. The quantitative estimate of drug-likeness (QED) is 0.408. The van der Waals surface area contributed by atoms with E-state index in [1.165, 1.54) is 11.3 Å². The van der Waals surface area contributed by atoms with Gasteiger partial charge in [0, 0.05) is 24.4 Å². The van der Waals surface area contributed by atoms with E-state index in [9.17, 15) is 14.7 Å². The summed E-state index contributed by atoms with van der Waals surface area (Å²) in [6.45, 7) is 3.95. The number of rotatable bonds is 5. The molecule has 0 aliphatic heterocycles. The fourth-order valence-corrected chi connectivity index (χ4v) is 4.27. The molecule has 10 nitrogen and oxygen atoms in total. The second-order valence-electron chi connectivity index (χ2n) is 8.35. The molecule has 11 heteroatoms. The molecule has 0 unspecified atom stereocenters. The van der Waals surface area contributed by atoms with Crippen LogP contribution >= 0.6 is 11.3 Å². The molecule has 3 N–H and O–H groups in total. The highest BCUT2D eigenvalue weighted by Crippen LogP contribution is 2.28. The maximum absolute atomic E-state index is 12.7. The van der Waals surface area contributed by atoms with E-state index in [1.807, 2.05) is 32.0 Å². The van der Waals surface area contributed by atoms with Gasteiger partial charge in [-0.15, -0.1) is 11.3 Å². The number of nitrogens with zero attached hydrogens (tertiary/aromatic N) is 5. The van der Waals surface area contributed by atoms with Crippen LogP contribution in [0.1, 0.15) is 42.1 Å². The number of hydrogen-bond donors (Lipinski definition) is 3.